The highest BCUT2D eigenvalue weighted by Crippen LogP contribution is 2.31. The zero-order valence-electron chi connectivity index (χ0n) is 11.6. The van der Waals surface area contributed by atoms with Crippen molar-refractivity contribution in [3.8, 4) is 0 Å². The number of ether oxygens (including phenoxy) is 2. The zero-order valence-corrected chi connectivity index (χ0v) is 11.6. The van der Waals surface area contributed by atoms with Gasteiger partial charge in [-0.3, -0.25) is 4.90 Å². The summed E-state index contributed by atoms with van der Waals surface area (Å²) in [5.74, 6) is 0. The lowest BCUT2D eigenvalue weighted by atomic mass is 9.84. The van der Waals surface area contributed by atoms with Crippen LogP contribution in [0.3, 0.4) is 0 Å². The summed E-state index contributed by atoms with van der Waals surface area (Å²) in [6.45, 7) is 8.68. The molecule has 0 radical (unpaired) electrons. The number of nitrogens with zero attached hydrogens (tertiary/aromatic N) is 1. The van der Waals surface area contributed by atoms with Crippen LogP contribution in [0, 0.1) is 0 Å². The normalized spacial score (nSPS) is 29.8. The van der Waals surface area contributed by atoms with Gasteiger partial charge in [-0.2, -0.15) is 0 Å². The first-order valence-electron chi connectivity index (χ1n) is 6.78. The zero-order chi connectivity index (χ0) is 12.7. The summed E-state index contributed by atoms with van der Waals surface area (Å²) in [5.41, 5.74) is 6.18. The number of methoxy groups -OCH3 is 1. The maximum absolute atomic E-state index is 6.07. The third-order valence-corrected chi connectivity index (χ3v) is 3.98. The van der Waals surface area contributed by atoms with E-state index < -0.39 is 0 Å². The Kier molecular flexibility index (Phi) is 6.41. The third-order valence-electron chi connectivity index (χ3n) is 3.98. The fraction of sp³-hybridized carbons (Fsp3) is 1.00. The lowest BCUT2D eigenvalue weighted by Crippen LogP contribution is -2.59. The summed E-state index contributed by atoms with van der Waals surface area (Å²) in [6, 6.07) is 0. The van der Waals surface area contributed by atoms with E-state index in [2.05, 4.69) is 18.7 Å². The number of rotatable bonds is 7. The van der Waals surface area contributed by atoms with Crippen molar-refractivity contribution >= 4 is 0 Å². The molecule has 0 aromatic rings. The van der Waals surface area contributed by atoms with E-state index in [1.807, 2.05) is 0 Å². The van der Waals surface area contributed by atoms with Gasteiger partial charge in [0.05, 0.1) is 12.7 Å². The summed E-state index contributed by atoms with van der Waals surface area (Å²) in [5, 5.41) is 0. The fourth-order valence-electron chi connectivity index (χ4n) is 2.80. The monoisotopic (exact) mass is 244 g/mol. The van der Waals surface area contributed by atoms with Crippen LogP contribution in [-0.2, 0) is 9.47 Å². The van der Waals surface area contributed by atoms with Crippen molar-refractivity contribution in [1.82, 2.24) is 4.90 Å². The van der Waals surface area contributed by atoms with Crippen LogP contribution in [0.2, 0.25) is 0 Å². The molecule has 0 aliphatic carbocycles. The molecular formula is C13H28N2O2. The second kappa shape index (κ2) is 7.31. The molecule has 0 aromatic carbocycles. The fourth-order valence-corrected chi connectivity index (χ4v) is 2.80. The highest BCUT2D eigenvalue weighted by molar-refractivity contribution is 4.95. The predicted octanol–water partition coefficient (Wildman–Crippen LogP) is 1.24. The Labute approximate surface area is 105 Å². The molecule has 1 aliphatic heterocycles. The van der Waals surface area contributed by atoms with Gasteiger partial charge in [0, 0.05) is 32.3 Å². The molecule has 17 heavy (non-hydrogen) atoms. The highest BCUT2D eigenvalue weighted by atomic mass is 16.5. The molecule has 2 N–H and O–H groups in total. The van der Waals surface area contributed by atoms with Crippen LogP contribution in [0.4, 0.5) is 0 Å². The van der Waals surface area contributed by atoms with Crippen molar-refractivity contribution in [1.29, 1.82) is 0 Å². The average Bonchev–Trinajstić information content (AvgIpc) is 2.39. The van der Waals surface area contributed by atoms with Gasteiger partial charge in [-0.15, -0.1) is 0 Å². The van der Waals surface area contributed by atoms with Gasteiger partial charge in [0.2, 0.25) is 0 Å². The first-order chi connectivity index (χ1) is 8.22. The minimum atomic E-state index is 0.117. The van der Waals surface area contributed by atoms with Gasteiger partial charge in [-0.1, -0.05) is 13.8 Å². The first-order valence-corrected chi connectivity index (χ1v) is 6.78. The van der Waals surface area contributed by atoms with Crippen LogP contribution in [0.1, 0.15) is 33.1 Å². The van der Waals surface area contributed by atoms with Crippen LogP contribution >= 0.6 is 0 Å². The molecule has 0 aromatic heterocycles. The van der Waals surface area contributed by atoms with E-state index in [0.29, 0.717) is 12.6 Å². The average molecular weight is 244 g/mol. The first kappa shape index (κ1) is 14.9. The molecule has 0 saturated carbocycles. The Balaban J connectivity index is 2.69. The maximum Gasteiger partial charge on any atom is 0.0590 e. The Bertz CT molecular complexity index is 214. The van der Waals surface area contributed by atoms with Crippen molar-refractivity contribution in [2.75, 3.05) is 40.0 Å². The lowest BCUT2D eigenvalue weighted by Gasteiger charge is -2.47. The van der Waals surface area contributed by atoms with Gasteiger partial charge >= 0.3 is 0 Å². The molecule has 1 saturated heterocycles. The van der Waals surface area contributed by atoms with Crippen LogP contribution in [-0.4, -0.2) is 56.5 Å². The third kappa shape index (κ3) is 3.65. The number of hydrogen-bond acceptors (Lipinski definition) is 4. The van der Waals surface area contributed by atoms with Gasteiger partial charge in [0.25, 0.3) is 0 Å². The summed E-state index contributed by atoms with van der Waals surface area (Å²) in [4.78, 5) is 2.47. The Morgan fingerprint density at radius 1 is 1.47 bits per heavy atom. The van der Waals surface area contributed by atoms with Gasteiger partial charge < -0.3 is 15.2 Å². The maximum atomic E-state index is 6.07. The topological polar surface area (TPSA) is 47.7 Å². The molecule has 1 fully saturated rings. The summed E-state index contributed by atoms with van der Waals surface area (Å²) in [6.07, 6.45) is 3.53. The summed E-state index contributed by atoms with van der Waals surface area (Å²) >= 11 is 0. The molecule has 1 aliphatic rings. The quantitative estimate of drug-likeness (QED) is 0.732. The molecule has 0 spiro atoms. The van der Waals surface area contributed by atoms with Gasteiger partial charge in [0.15, 0.2) is 0 Å². The smallest absolute Gasteiger partial charge is 0.0590 e. The molecule has 0 amide bonds. The molecule has 2 atom stereocenters. The van der Waals surface area contributed by atoms with Crippen molar-refractivity contribution in [2.45, 2.75) is 44.8 Å². The van der Waals surface area contributed by atoms with Crippen molar-refractivity contribution < 1.29 is 9.47 Å². The Morgan fingerprint density at radius 3 is 2.76 bits per heavy atom. The van der Waals surface area contributed by atoms with Crippen molar-refractivity contribution in [3.05, 3.63) is 0 Å². The van der Waals surface area contributed by atoms with Gasteiger partial charge in [0.1, 0.15) is 0 Å². The summed E-state index contributed by atoms with van der Waals surface area (Å²) < 4.78 is 11.0. The second-order valence-corrected chi connectivity index (χ2v) is 4.86. The summed E-state index contributed by atoms with van der Waals surface area (Å²) in [7, 11) is 1.75. The van der Waals surface area contributed by atoms with Crippen LogP contribution in [0.5, 0.6) is 0 Å². The molecule has 0 bridgehead atoms. The molecular weight excluding hydrogens is 216 g/mol. The molecule has 4 heteroatoms. The largest absolute Gasteiger partial charge is 0.383 e. The van der Waals surface area contributed by atoms with E-state index in [1.165, 1.54) is 0 Å². The van der Waals surface area contributed by atoms with Gasteiger partial charge in [-0.25, -0.2) is 0 Å². The molecule has 102 valence electrons. The van der Waals surface area contributed by atoms with Crippen molar-refractivity contribution in [2.24, 2.45) is 5.73 Å². The molecule has 4 nitrogen and oxygen atoms in total. The lowest BCUT2D eigenvalue weighted by molar-refractivity contribution is -0.0746. The van der Waals surface area contributed by atoms with E-state index >= 15 is 0 Å². The van der Waals surface area contributed by atoms with Crippen molar-refractivity contribution in [3.63, 3.8) is 0 Å². The minimum absolute atomic E-state index is 0.117. The van der Waals surface area contributed by atoms with Crippen LogP contribution in [0.15, 0.2) is 0 Å². The Hall–Kier alpha value is -0.160. The minimum Gasteiger partial charge on any atom is -0.383 e. The van der Waals surface area contributed by atoms with E-state index in [9.17, 15) is 0 Å². The number of likely N-dealkylation sites (N-methyl/N-ethyl adjacent to an activating group) is 1. The molecule has 2 unspecified atom stereocenters. The van der Waals surface area contributed by atoms with E-state index in [0.717, 1.165) is 45.6 Å². The van der Waals surface area contributed by atoms with Crippen LogP contribution in [0.25, 0.3) is 0 Å². The standard InChI is InChI=1S/C13H28N2O2/c1-4-12-10-13(11-14,6-8-17-12)15(5-2)7-9-16-3/h12H,4-11,14H2,1-3H3. The van der Waals surface area contributed by atoms with E-state index in [4.69, 9.17) is 15.2 Å². The van der Waals surface area contributed by atoms with E-state index in [1.54, 1.807) is 7.11 Å². The van der Waals surface area contributed by atoms with Gasteiger partial charge in [-0.05, 0) is 25.8 Å². The van der Waals surface area contributed by atoms with Crippen LogP contribution < -0.4 is 5.73 Å². The van der Waals surface area contributed by atoms with E-state index in [-0.39, 0.29) is 5.54 Å². The Morgan fingerprint density at radius 2 is 2.24 bits per heavy atom. The second-order valence-electron chi connectivity index (χ2n) is 4.86. The highest BCUT2D eigenvalue weighted by Gasteiger charge is 2.39. The number of hydrogen-bond donors (Lipinski definition) is 1. The molecule has 1 heterocycles. The predicted molar refractivity (Wildman–Crippen MR) is 70.2 cm³/mol. The SMILES string of the molecule is CCC1CC(CN)(N(CC)CCOC)CCO1. The molecule has 1 rings (SSSR count). The number of nitrogens with two attached hydrogens (primary N) is 1.